The molecule has 0 unspecified atom stereocenters. The molecule has 77 heavy (non-hydrogen) atoms. The first kappa shape index (κ1) is 61.7. The molecule has 21 heterocycles. The highest BCUT2D eigenvalue weighted by atomic mass is 16.8. The van der Waals surface area contributed by atoms with E-state index in [0.29, 0.717) is 0 Å². The van der Waals surface area contributed by atoms with Crippen molar-refractivity contribution in [2.24, 2.45) is 5.73 Å². The highest BCUT2D eigenvalue weighted by Crippen LogP contribution is 2.39. The Morgan fingerprint density at radius 1 is 0.195 bits per heavy atom. The van der Waals surface area contributed by atoms with Crippen molar-refractivity contribution in [3.8, 4) is 0 Å². The van der Waals surface area contributed by atoms with Gasteiger partial charge in [0.15, 0.2) is 44.0 Å². The second-order valence-electron chi connectivity index (χ2n) is 19.7. The number of ether oxygens (including phenoxy) is 14. The van der Waals surface area contributed by atoms with Crippen LogP contribution in [0, 0.1) is 0 Å². The topological polar surface area (TPSA) is 560 Å². The Balaban J connectivity index is 1.08. The standard InChI is InChI=1S/C42H71NO34/c43-1-8-29-15(50)22(57)36(64-8)72-30-9(2-44)66-38(24(59)17(30)52)74-32-11(4-46)68-40(26(61)19(32)54)76-34-13(6-48)70-42(28(63)21(34)56)77-35-14(7-49)69-41(27(62)20(35)55)75-33-12(5-47)67-39(25(60)18(33)53)73-31-10(3-45)65-37(71-29)23(58)16(31)51/h8-42,44-63H,1-7,43H2/t8-,9-,10-,11-,12-,13-,14-,15-,16-,17-,18+,19-,20+,21-,22-,23-,24-,25+,26-,27+,28-,29-,30-,31-,32-,33-,34-,35-,36-,37-,38-,39-,40-,41-,42-/m1/s1. The van der Waals surface area contributed by atoms with Gasteiger partial charge in [-0.05, 0) is 0 Å². The lowest BCUT2D eigenvalue weighted by Gasteiger charge is -2.50. The maximum absolute atomic E-state index is 11.4. The van der Waals surface area contributed by atoms with Gasteiger partial charge in [0.2, 0.25) is 0 Å². The molecule has 35 nitrogen and oxygen atoms in total. The fourth-order valence-electron chi connectivity index (χ4n) is 10.5. The van der Waals surface area contributed by atoms with Gasteiger partial charge in [-0.25, -0.2) is 0 Å². The number of rotatable bonds is 7. The molecule has 0 aliphatic carbocycles. The SMILES string of the molecule is NC[C@H]1O[C@@H]2O[C@H]3[C@H](O)[C@@H](O)[C@@H](O[C@H]4[C@H](O)[C@@H](O)[C@@H](O[C@H]5[C@H](O)[C@@H](O)[C@@H](O[C@H]6[C@@H](O)[C@H](O)[C@@H](O[C@H]7[C@@H](O)[C@H](O)[C@@H](O[C@H]8[C@H](O)[C@@H](O)[C@@H](O[C@H]1[C@H](O)[C@H]2O)O[C@@H]8CO)O[C@@H]7CO)O[C@@H]6CO)O[C@@H]5CO)O[C@@H]4CO)O[C@@H]3CO. The molecule has 21 fully saturated rings. The maximum Gasteiger partial charge on any atom is 0.187 e. The van der Waals surface area contributed by atoms with Gasteiger partial charge >= 0.3 is 0 Å². The first-order chi connectivity index (χ1) is 36.7. The number of hydrogen-bond donors (Lipinski definition) is 21. The van der Waals surface area contributed by atoms with Gasteiger partial charge in [0.1, 0.15) is 171 Å². The lowest BCUT2D eigenvalue weighted by atomic mass is 9.95. The van der Waals surface area contributed by atoms with Crippen LogP contribution >= 0.6 is 0 Å². The molecule has 14 bridgehead atoms. The predicted molar refractivity (Wildman–Crippen MR) is 230 cm³/mol. The van der Waals surface area contributed by atoms with E-state index in [0.717, 1.165) is 0 Å². The normalized spacial score (nSPS) is 55.4. The van der Waals surface area contributed by atoms with Crippen molar-refractivity contribution in [1.29, 1.82) is 0 Å². The third-order valence-electron chi connectivity index (χ3n) is 14.8. The van der Waals surface area contributed by atoms with Gasteiger partial charge < -0.3 is 174 Å². The maximum atomic E-state index is 11.4. The van der Waals surface area contributed by atoms with E-state index in [1.165, 1.54) is 0 Å². The van der Waals surface area contributed by atoms with Gasteiger partial charge in [-0.3, -0.25) is 0 Å². The van der Waals surface area contributed by atoms with E-state index in [1.54, 1.807) is 0 Å². The Morgan fingerprint density at radius 2 is 0.325 bits per heavy atom. The summed E-state index contributed by atoms with van der Waals surface area (Å²) in [4.78, 5) is 0. The van der Waals surface area contributed by atoms with Crippen molar-refractivity contribution >= 4 is 0 Å². The Morgan fingerprint density at radius 3 is 0.455 bits per heavy atom. The largest absolute Gasteiger partial charge is 0.394 e. The fourth-order valence-corrected chi connectivity index (χ4v) is 10.5. The Kier molecular flexibility index (Phi) is 20.8. The van der Waals surface area contributed by atoms with Gasteiger partial charge in [0.05, 0.1) is 39.6 Å². The zero-order chi connectivity index (χ0) is 56.1. The molecule has 21 rings (SSSR count). The van der Waals surface area contributed by atoms with Crippen LogP contribution in [0.5, 0.6) is 0 Å². The molecule has 448 valence electrons. The summed E-state index contributed by atoms with van der Waals surface area (Å²) in [5.74, 6) is 0. The number of aliphatic hydroxyl groups excluding tert-OH is 20. The van der Waals surface area contributed by atoms with E-state index in [4.69, 9.17) is 72.0 Å². The monoisotopic (exact) mass is 1130 g/mol. The van der Waals surface area contributed by atoms with Crippen LogP contribution in [0.15, 0.2) is 0 Å². The van der Waals surface area contributed by atoms with Crippen molar-refractivity contribution in [3.05, 3.63) is 0 Å². The minimum Gasteiger partial charge on any atom is -0.394 e. The van der Waals surface area contributed by atoms with E-state index < -0.39 is 261 Å². The summed E-state index contributed by atoms with van der Waals surface area (Å²) < 4.78 is 79.9. The summed E-state index contributed by atoms with van der Waals surface area (Å²) in [7, 11) is 0. The summed E-state index contributed by atoms with van der Waals surface area (Å²) in [6.45, 7) is -6.75. The van der Waals surface area contributed by atoms with E-state index in [-0.39, 0.29) is 0 Å². The van der Waals surface area contributed by atoms with E-state index in [9.17, 15) is 102 Å². The Hall–Kier alpha value is -1.40. The predicted octanol–water partition coefficient (Wildman–Crippen LogP) is -15.3. The van der Waals surface area contributed by atoms with Gasteiger partial charge in [-0.1, -0.05) is 0 Å². The van der Waals surface area contributed by atoms with E-state index >= 15 is 0 Å². The zero-order valence-electron chi connectivity index (χ0n) is 40.4. The van der Waals surface area contributed by atoms with Crippen LogP contribution in [0.25, 0.3) is 0 Å². The first-order valence-electron chi connectivity index (χ1n) is 24.7. The molecular weight excluding hydrogens is 1060 g/mol. The summed E-state index contributed by atoms with van der Waals surface area (Å²) in [6, 6.07) is 0. The lowest BCUT2D eigenvalue weighted by molar-refractivity contribution is -0.396. The number of aliphatic hydroxyl groups is 20. The highest BCUT2D eigenvalue weighted by molar-refractivity contribution is 5.02. The van der Waals surface area contributed by atoms with Crippen molar-refractivity contribution < 1.29 is 168 Å². The average molecular weight is 1130 g/mol. The molecule has 21 aliphatic rings. The molecule has 22 N–H and O–H groups in total. The molecule has 0 aromatic heterocycles. The Bertz CT molecular complexity index is 1470. The average Bonchev–Trinajstić information content (AvgIpc) is 3.45. The molecular formula is C42H71NO34. The van der Waals surface area contributed by atoms with Crippen molar-refractivity contribution in [2.75, 3.05) is 46.2 Å². The van der Waals surface area contributed by atoms with Crippen LogP contribution in [0.1, 0.15) is 0 Å². The van der Waals surface area contributed by atoms with E-state index in [2.05, 4.69) is 0 Å². The third-order valence-corrected chi connectivity index (χ3v) is 14.8. The van der Waals surface area contributed by atoms with Crippen molar-refractivity contribution in [3.63, 3.8) is 0 Å². The van der Waals surface area contributed by atoms with Crippen LogP contribution in [-0.2, 0) is 66.3 Å². The van der Waals surface area contributed by atoms with Gasteiger partial charge in [-0.15, -0.1) is 0 Å². The number of hydrogen-bond acceptors (Lipinski definition) is 35. The van der Waals surface area contributed by atoms with Crippen LogP contribution < -0.4 is 5.73 Å². The third kappa shape index (κ3) is 12.1. The lowest BCUT2D eigenvalue weighted by Crippen LogP contribution is -2.68. The summed E-state index contributed by atoms with van der Waals surface area (Å²) in [5, 5.41) is 220. The molecule has 0 amide bonds. The summed E-state index contributed by atoms with van der Waals surface area (Å²) in [5.41, 5.74) is 5.94. The first-order valence-corrected chi connectivity index (χ1v) is 24.7. The molecule has 21 saturated heterocycles. The van der Waals surface area contributed by atoms with Gasteiger partial charge in [-0.2, -0.15) is 0 Å². The van der Waals surface area contributed by atoms with Crippen LogP contribution in [0.2, 0.25) is 0 Å². The molecule has 0 saturated carbocycles. The van der Waals surface area contributed by atoms with E-state index in [1.807, 2.05) is 0 Å². The van der Waals surface area contributed by atoms with Crippen LogP contribution in [0.3, 0.4) is 0 Å². The molecule has 0 spiro atoms. The second-order valence-corrected chi connectivity index (χ2v) is 19.7. The van der Waals surface area contributed by atoms with Gasteiger partial charge in [0, 0.05) is 6.54 Å². The molecule has 35 heteroatoms. The summed E-state index contributed by atoms with van der Waals surface area (Å²) in [6.07, 6.45) is -69.2. The van der Waals surface area contributed by atoms with Crippen LogP contribution in [-0.4, -0.2) is 363 Å². The molecule has 35 atom stereocenters. The highest BCUT2D eigenvalue weighted by Gasteiger charge is 2.59. The summed E-state index contributed by atoms with van der Waals surface area (Å²) >= 11 is 0. The number of nitrogens with two attached hydrogens (primary N) is 1. The second kappa shape index (κ2) is 26.0. The minimum absolute atomic E-state index is 0.547. The van der Waals surface area contributed by atoms with Gasteiger partial charge in [0.25, 0.3) is 0 Å². The van der Waals surface area contributed by atoms with Crippen molar-refractivity contribution in [2.45, 2.75) is 215 Å². The molecule has 0 aromatic rings. The molecule has 21 aliphatic heterocycles. The van der Waals surface area contributed by atoms with Crippen LogP contribution in [0.4, 0.5) is 0 Å². The smallest absolute Gasteiger partial charge is 0.187 e. The fraction of sp³-hybridized carbons (Fsp3) is 1.00. The Labute approximate surface area is 434 Å². The quantitative estimate of drug-likeness (QED) is 0.113. The zero-order valence-corrected chi connectivity index (χ0v) is 40.4. The van der Waals surface area contributed by atoms with Crippen molar-refractivity contribution in [1.82, 2.24) is 0 Å². The molecule has 0 radical (unpaired) electrons. The molecule has 0 aromatic carbocycles. The minimum atomic E-state index is -2.20.